The Bertz CT molecular complexity index is 939. The van der Waals surface area contributed by atoms with Gasteiger partial charge in [0.25, 0.3) is 5.91 Å². The van der Waals surface area contributed by atoms with Gasteiger partial charge in [0.1, 0.15) is 0 Å². The van der Waals surface area contributed by atoms with Gasteiger partial charge in [-0.05, 0) is 36.6 Å². The van der Waals surface area contributed by atoms with Crippen LogP contribution in [0.1, 0.15) is 47.3 Å². The van der Waals surface area contributed by atoms with Crippen LogP contribution in [0.25, 0.3) is 0 Å². The van der Waals surface area contributed by atoms with Crippen LogP contribution in [-0.4, -0.2) is 33.2 Å². The number of carbonyl (C=O) groups excluding carboxylic acids is 2. The van der Waals surface area contributed by atoms with E-state index in [4.69, 9.17) is 4.74 Å². The monoisotopic (exact) mass is 403 g/mol. The first-order valence-electron chi connectivity index (χ1n) is 9.04. The topological polar surface area (TPSA) is 89.5 Å². The van der Waals surface area contributed by atoms with Crippen LogP contribution in [0.15, 0.2) is 53.4 Å². The molecule has 0 saturated heterocycles. The van der Waals surface area contributed by atoms with E-state index in [1.54, 1.807) is 13.0 Å². The van der Waals surface area contributed by atoms with Gasteiger partial charge in [-0.1, -0.05) is 49.7 Å². The number of hydrogen-bond acceptors (Lipinski definition) is 5. The number of esters is 1. The molecule has 28 heavy (non-hydrogen) atoms. The average Bonchev–Trinajstić information content (AvgIpc) is 2.66. The molecule has 0 aliphatic carbocycles. The number of sulfone groups is 1. The lowest BCUT2D eigenvalue weighted by molar-refractivity contribution is -0.125. The molecule has 0 saturated carbocycles. The molecular formula is C21H25NO5S. The van der Waals surface area contributed by atoms with Crippen LogP contribution < -0.4 is 5.32 Å². The number of rotatable bonds is 8. The molecule has 0 spiro atoms. The highest BCUT2D eigenvalue weighted by molar-refractivity contribution is 7.90. The van der Waals surface area contributed by atoms with Crippen molar-refractivity contribution < 1.29 is 22.7 Å². The highest BCUT2D eigenvalue weighted by Crippen LogP contribution is 2.19. The van der Waals surface area contributed by atoms with Gasteiger partial charge in [-0.15, -0.1) is 0 Å². The first-order valence-corrected chi connectivity index (χ1v) is 10.9. The molecule has 0 radical (unpaired) electrons. The van der Waals surface area contributed by atoms with Crippen LogP contribution in [-0.2, 0) is 19.4 Å². The molecule has 2 aromatic carbocycles. The van der Waals surface area contributed by atoms with Gasteiger partial charge in [0.2, 0.25) is 0 Å². The molecule has 1 N–H and O–H groups in total. The predicted molar refractivity (Wildman–Crippen MR) is 107 cm³/mol. The summed E-state index contributed by atoms with van der Waals surface area (Å²) in [5, 5.41) is 2.88. The minimum Gasteiger partial charge on any atom is -0.452 e. The Balaban J connectivity index is 2.03. The van der Waals surface area contributed by atoms with Crippen LogP contribution >= 0.6 is 0 Å². The summed E-state index contributed by atoms with van der Waals surface area (Å²) in [6, 6.07) is 13.7. The maximum Gasteiger partial charge on any atom is 0.338 e. The lowest BCUT2D eigenvalue weighted by Gasteiger charge is -2.18. The van der Waals surface area contributed by atoms with Crippen LogP contribution in [0.4, 0.5) is 0 Å². The molecule has 0 aliphatic heterocycles. The third-order valence-corrected chi connectivity index (χ3v) is 5.42. The summed E-state index contributed by atoms with van der Waals surface area (Å²) in [4.78, 5) is 24.6. The smallest absolute Gasteiger partial charge is 0.338 e. The zero-order valence-corrected chi connectivity index (χ0v) is 17.1. The first kappa shape index (κ1) is 21.6. The quantitative estimate of drug-likeness (QED) is 0.684. The number of aryl methyl sites for hydroxylation is 1. The molecule has 1 atom stereocenters. The molecule has 1 amide bonds. The largest absolute Gasteiger partial charge is 0.452 e. The maximum absolute atomic E-state index is 12.3. The summed E-state index contributed by atoms with van der Waals surface area (Å²) in [5.41, 5.74) is 1.69. The van der Waals surface area contributed by atoms with Crippen molar-refractivity contribution in [2.24, 2.45) is 0 Å². The summed E-state index contributed by atoms with van der Waals surface area (Å²) in [6.45, 7) is 3.27. The molecule has 2 aromatic rings. The molecule has 0 aromatic heterocycles. The van der Waals surface area contributed by atoms with Crippen LogP contribution in [0, 0.1) is 6.92 Å². The molecule has 7 heteroatoms. The fraction of sp³-hybridized carbons (Fsp3) is 0.333. The van der Waals surface area contributed by atoms with E-state index in [0.717, 1.165) is 24.7 Å². The Kier molecular flexibility index (Phi) is 7.34. The minimum absolute atomic E-state index is 0.0292. The highest BCUT2D eigenvalue weighted by Gasteiger charge is 2.18. The summed E-state index contributed by atoms with van der Waals surface area (Å²) >= 11 is 0. The maximum atomic E-state index is 12.3. The normalized spacial score (nSPS) is 12.2. The number of hydrogen-bond donors (Lipinski definition) is 1. The van der Waals surface area contributed by atoms with Crippen molar-refractivity contribution in [3.05, 3.63) is 65.2 Å². The van der Waals surface area contributed by atoms with Crippen LogP contribution in [0.2, 0.25) is 0 Å². The fourth-order valence-corrected chi connectivity index (χ4v) is 3.44. The predicted octanol–water partition coefficient (Wildman–Crippen LogP) is 3.21. The molecule has 0 heterocycles. The van der Waals surface area contributed by atoms with Gasteiger partial charge in [-0.3, -0.25) is 4.79 Å². The van der Waals surface area contributed by atoms with Gasteiger partial charge in [0.15, 0.2) is 16.4 Å². The van der Waals surface area contributed by atoms with Crippen LogP contribution in [0.3, 0.4) is 0 Å². The lowest BCUT2D eigenvalue weighted by atomic mass is 10.0. The molecule has 2 rings (SSSR count). The van der Waals surface area contributed by atoms with Crippen molar-refractivity contribution in [1.29, 1.82) is 0 Å². The first-order chi connectivity index (χ1) is 13.2. The van der Waals surface area contributed by atoms with E-state index in [1.807, 2.05) is 37.3 Å². The van der Waals surface area contributed by atoms with Gasteiger partial charge >= 0.3 is 5.97 Å². The Morgan fingerprint density at radius 2 is 1.79 bits per heavy atom. The van der Waals surface area contributed by atoms with Crippen LogP contribution in [0.5, 0.6) is 0 Å². The summed E-state index contributed by atoms with van der Waals surface area (Å²) in [7, 11) is -3.45. The third-order valence-electron chi connectivity index (χ3n) is 4.31. The van der Waals surface area contributed by atoms with Crippen molar-refractivity contribution in [2.45, 2.75) is 37.6 Å². The molecule has 0 aliphatic rings. The van der Waals surface area contributed by atoms with E-state index in [0.29, 0.717) is 5.56 Å². The van der Waals surface area contributed by atoms with Crippen molar-refractivity contribution in [1.82, 2.24) is 5.32 Å². The second kappa shape index (κ2) is 9.50. The molecule has 6 nitrogen and oxygen atoms in total. The Morgan fingerprint density at radius 1 is 1.11 bits per heavy atom. The van der Waals surface area contributed by atoms with Gasteiger partial charge in [-0.25, -0.2) is 13.2 Å². The summed E-state index contributed by atoms with van der Waals surface area (Å²) in [5.74, 6) is -1.14. The summed E-state index contributed by atoms with van der Waals surface area (Å²) < 4.78 is 28.5. The van der Waals surface area contributed by atoms with E-state index in [9.17, 15) is 18.0 Å². The Labute approximate surface area is 165 Å². The molecule has 150 valence electrons. The Morgan fingerprint density at radius 3 is 2.39 bits per heavy atom. The molecule has 0 bridgehead atoms. The van der Waals surface area contributed by atoms with Gasteiger partial charge in [0, 0.05) is 6.26 Å². The number of benzene rings is 2. The lowest BCUT2D eigenvalue weighted by Crippen LogP contribution is -2.32. The highest BCUT2D eigenvalue weighted by atomic mass is 32.2. The van der Waals surface area contributed by atoms with Gasteiger partial charge < -0.3 is 10.1 Å². The Hall–Kier alpha value is -2.67. The number of amides is 1. The fourth-order valence-electron chi connectivity index (χ4n) is 2.79. The van der Waals surface area contributed by atoms with Crippen molar-refractivity contribution in [3.63, 3.8) is 0 Å². The zero-order valence-electron chi connectivity index (χ0n) is 16.3. The second-order valence-corrected chi connectivity index (χ2v) is 8.66. The van der Waals surface area contributed by atoms with E-state index >= 15 is 0 Å². The van der Waals surface area contributed by atoms with Crippen molar-refractivity contribution in [2.75, 3.05) is 12.9 Å². The summed E-state index contributed by atoms with van der Waals surface area (Å²) in [6.07, 6.45) is 2.72. The van der Waals surface area contributed by atoms with E-state index in [1.165, 1.54) is 12.1 Å². The van der Waals surface area contributed by atoms with E-state index in [-0.39, 0.29) is 16.5 Å². The molecular weight excluding hydrogens is 378 g/mol. The minimum atomic E-state index is -3.45. The van der Waals surface area contributed by atoms with E-state index in [2.05, 4.69) is 5.32 Å². The number of nitrogens with one attached hydrogen (secondary N) is 1. The molecule has 0 unspecified atom stereocenters. The standard InChI is InChI=1S/C21H25NO5S/c1-4-8-19(16-9-6-5-7-10-16)22-20(23)14-27-21(24)18-13-17(28(3,25)26)12-11-15(18)2/h5-7,9-13,19H,4,8,14H2,1-3H3,(H,22,23)/t19-/m0/s1. The van der Waals surface area contributed by atoms with Gasteiger partial charge in [-0.2, -0.15) is 0 Å². The second-order valence-electron chi connectivity index (χ2n) is 6.64. The van der Waals surface area contributed by atoms with E-state index < -0.39 is 28.3 Å². The SMILES string of the molecule is CCC[C@H](NC(=O)COC(=O)c1cc(S(C)(=O)=O)ccc1C)c1ccccc1. The van der Waals surface area contributed by atoms with Crippen molar-refractivity contribution in [3.8, 4) is 0 Å². The van der Waals surface area contributed by atoms with Gasteiger partial charge in [0.05, 0.1) is 16.5 Å². The van der Waals surface area contributed by atoms with Crippen molar-refractivity contribution >= 4 is 21.7 Å². The zero-order chi connectivity index (χ0) is 20.7. The third kappa shape index (κ3) is 5.92. The average molecular weight is 404 g/mol. The number of ether oxygens (including phenoxy) is 1. The molecule has 0 fully saturated rings. The number of carbonyl (C=O) groups is 2.